The molecule has 1 aromatic rings. The van der Waals surface area contributed by atoms with E-state index in [2.05, 4.69) is 36.6 Å². The average molecular weight is 428 g/mol. The van der Waals surface area contributed by atoms with Crippen molar-refractivity contribution in [3.63, 3.8) is 0 Å². The van der Waals surface area contributed by atoms with Crippen LogP contribution in [-0.4, -0.2) is 39.5 Å². The minimum absolute atomic E-state index is 0.240. The number of nitrogens with one attached hydrogen (secondary N) is 1. The molecule has 0 heterocycles. The van der Waals surface area contributed by atoms with Crippen LogP contribution in [0.15, 0.2) is 26.0 Å². The van der Waals surface area contributed by atoms with Gasteiger partial charge < -0.3 is 4.90 Å². The summed E-state index contributed by atoms with van der Waals surface area (Å²) in [5, 5.41) is 0. The molecule has 4 nitrogen and oxygen atoms in total. The molecule has 0 saturated carbocycles. The highest BCUT2D eigenvalue weighted by Gasteiger charge is 2.25. The van der Waals surface area contributed by atoms with Crippen molar-refractivity contribution in [1.82, 2.24) is 9.62 Å². The lowest BCUT2D eigenvalue weighted by Gasteiger charge is -2.32. The van der Waals surface area contributed by atoms with E-state index in [1.807, 2.05) is 39.8 Å². The van der Waals surface area contributed by atoms with Gasteiger partial charge in [0.25, 0.3) is 0 Å². The largest absolute Gasteiger partial charge is 0.303 e. The van der Waals surface area contributed by atoms with Gasteiger partial charge in [-0.2, -0.15) is 0 Å². The average Bonchev–Trinajstić information content (AvgIpc) is 2.31. The summed E-state index contributed by atoms with van der Waals surface area (Å²) in [6, 6.07) is 3.40. The van der Waals surface area contributed by atoms with E-state index in [0.29, 0.717) is 11.0 Å². The highest BCUT2D eigenvalue weighted by atomic mass is 79.9. The molecular weight excluding hydrogens is 408 g/mol. The lowest BCUT2D eigenvalue weighted by atomic mass is 10.1. The summed E-state index contributed by atoms with van der Waals surface area (Å²) in [4.78, 5) is 2.22. The smallest absolute Gasteiger partial charge is 0.241 e. The Bertz CT molecular complexity index is 599. The van der Waals surface area contributed by atoms with Gasteiger partial charge in [-0.25, -0.2) is 13.1 Å². The van der Waals surface area contributed by atoms with Gasteiger partial charge >= 0.3 is 0 Å². The lowest BCUT2D eigenvalue weighted by molar-refractivity contribution is 0.199. The number of sulfonamides is 1. The molecule has 114 valence electrons. The Labute approximate surface area is 138 Å². The Balaban J connectivity index is 3.04. The van der Waals surface area contributed by atoms with Gasteiger partial charge in [0.15, 0.2) is 0 Å². The first-order valence-electron chi connectivity index (χ1n) is 6.10. The van der Waals surface area contributed by atoms with E-state index < -0.39 is 10.0 Å². The molecule has 0 atom stereocenters. The first-order chi connectivity index (χ1) is 8.97. The van der Waals surface area contributed by atoms with Gasteiger partial charge in [0.2, 0.25) is 10.0 Å². The number of nitrogens with zero attached hydrogens (tertiary/aromatic N) is 1. The third-order valence-corrected chi connectivity index (χ3v) is 6.62. The second kappa shape index (κ2) is 6.44. The molecule has 20 heavy (non-hydrogen) atoms. The number of hydrogen-bond acceptors (Lipinski definition) is 3. The predicted molar refractivity (Wildman–Crippen MR) is 89.5 cm³/mol. The van der Waals surface area contributed by atoms with Crippen LogP contribution >= 0.6 is 31.9 Å². The van der Waals surface area contributed by atoms with Crippen LogP contribution in [0.4, 0.5) is 0 Å². The summed E-state index contributed by atoms with van der Waals surface area (Å²) in [5.41, 5.74) is 0.714. The third kappa shape index (κ3) is 4.27. The molecule has 0 aliphatic rings. The van der Waals surface area contributed by atoms with E-state index in [4.69, 9.17) is 0 Å². The molecule has 7 heteroatoms. The Morgan fingerprint density at radius 2 is 1.75 bits per heavy atom. The molecule has 0 aliphatic heterocycles. The standard InChI is InChI=1S/C13H20Br2N2O2S/c1-9-6-11(15)12(7-10(9)14)20(18,19)16-8-13(2,3)17(4)5/h6-7,16H,8H2,1-5H3. The third-order valence-electron chi connectivity index (χ3n) is 3.41. The highest BCUT2D eigenvalue weighted by molar-refractivity contribution is 9.11. The van der Waals surface area contributed by atoms with Crippen molar-refractivity contribution in [3.8, 4) is 0 Å². The second-order valence-electron chi connectivity index (χ2n) is 5.56. The minimum atomic E-state index is -3.55. The zero-order valence-corrected chi connectivity index (χ0v) is 16.3. The molecule has 0 unspecified atom stereocenters. The van der Waals surface area contributed by atoms with E-state index in [-0.39, 0.29) is 10.4 Å². The molecule has 0 aromatic heterocycles. The summed E-state index contributed by atoms with van der Waals surface area (Å²) >= 11 is 6.68. The van der Waals surface area contributed by atoms with Gasteiger partial charge in [0.1, 0.15) is 0 Å². The molecule has 1 rings (SSSR count). The van der Waals surface area contributed by atoms with Crippen molar-refractivity contribution in [2.75, 3.05) is 20.6 Å². The lowest BCUT2D eigenvalue weighted by Crippen LogP contribution is -2.48. The molecule has 1 N–H and O–H groups in total. The van der Waals surface area contributed by atoms with Crippen molar-refractivity contribution in [2.24, 2.45) is 0 Å². The number of benzene rings is 1. The molecule has 0 saturated heterocycles. The van der Waals surface area contributed by atoms with Crippen LogP contribution < -0.4 is 4.72 Å². The van der Waals surface area contributed by atoms with Crippen molar-refractivity contribution in [2.45, 2.75) is 31.2 Å². The molecule has 0 aliphatic carbocycles. The second-order valence-corrected chi connectivity index (χ2v) is 9.01. The molecule has 0 fully saturated rings. The van der Waals surface area contributed by atoms with Crippen molar-refractivity contribution < 1.29 is 8.42 Å². The topological polar surface area (TPSA) is 49.4 Å². The first-order valence-corrected chi connectivity index (χ1v) is 9.17. The van der Waals surface area contributed by atoms with Crippen LogP contribution in [0, 0.1) is 6.92 Å². The Kier molecular flexibility index (Phi) is 5.83. The molecule has 1 aromatic carbocycles. The SMILES string of the molecule is Cc1cc(Br)c(S(=O)(=O)NCC(C)(C)N(C)C)cc1Br. The van der Waals surface area contributed by atoms with E-state index in [0.717, 1.165) is 10.0 Å². The quantitative estimate of drug-likeness (QED) is 0.785. The van der Waals surface area contributed by atoms with Crippen LogP contribution in [0.2, 0.25) is 0 Å². The molecule has 0 bridgehead atoms. The van der Waals surface area contributed by atoms with E-state index in [1.54, 1.807) is 12.1 Å². The maximum absolute atomic E-state index is 12.4. The fraction of sp³-hybridized carbons (Fsp3) is 0.538. The number of halogens is 2. The monoisotopic (exact) mass is 426 g/mol. The molecule has 0 radical (unpaired) electrons. The fourth-order valence-electron chi connectivity index (χ4n) is 1.34. The van der Waals surface area contributed by atoms with Crippen LogP contribution in [0.1, 0.15) is 19.4 Å². The summed E-state index contributed by atoms with van der Waals surface area (Å²) in [6.45, 7) is 6.21. The highest BCUT2D eigenvalue weighted by Crippen LogP contribution is 2.28. The van der Waals surface area contributed by atoms with Crippen molar-refractivity contribution >= 4 is 41.9 Å². The predicted octanol–water partition coefficient (Wildman–Crippen LogP) is 3.14. The number of rotatable bonds is 5. The zero-order valence-electron chi connectivity index (χ0n) is 12.3. The zero-order chi connectivity index (χ0) is 15.7. The maximum Gasteiger partial charge on any atom is 0.241 e. The van der Waals surface area contributed by atoms with Crippen LogP contribution in [0.5, 0.6) is 0 Å². The van der Waals surface area contributed by atoms with Crippen LogP contribution in [0.3, 0.4) is 0 Å². The fourth-order valence-corrected chi connectivity index (χ4v) is 4.22. The van der Waals surface area contributed by atoms with Crippen molar-refractivity contribution in [3.05, 3.63) is 26.6 Å². The van der Waals surface area contributed by atoms with Gasteiger partial charge in [-0.1, -0.05) is 15.9 Å². The number of likely N-dealkylation sites (N-methyl/N-ethyl adjacent to an activating group) is 1. The number of aryl methyl sites for hydroxylation is 1. The van der Waals surface area contributed by atoms with Gasteiger partial charge in [0, 0.05) is 21.0 Å². The molecular formula is C13H20Br2N2O2S. The summed E-state index contributed by atoms with van der Waals surface area (Å²) in [7, 11) is 0.296. The Morgan fingerprint density at radius 3 is 2.25 bits per heavy atom. The van der Waals surface area contributed by atoms with E-state index in [9.17, 15) is 8.42 Å². The van der Waals surface area contributed by atoms with E-state index in [1.165, 1.54) is 0 Å². The minimum Gasteiger partial charge on any atom is -0.303 e. The molecule has 0 amide bonds. The van der Waals surface area contributed by atoms with Gasteiger partial charge in [0.05, 0.1) is 4.90 Å². The molecule has 0 spiro atoms. The van der Waals surface area contributed by atoms with Crippen LogP contribution in [-0.2, 0) is 10.0 Å². The summed E-state index contributed by atoms with van der Waals surface area (Å²) in [5.74, 6) is 0. The Hall–Kier alpha value is 0.0500. The normalized spacial score (nSPS) is 13.0. The maximum atomic E-state index is 12.4. The van der Waals surface area contributed by atoms with E-state index >= 15 is 0 Å². The Morgan fingerprint density at radius 1 is 1.20 bits per heavy atom. The first kappa shape index (κ1) is 18.1. The van der Waals surface area contributed by atoms with Gasteiger partial charge in [-0.15, -0.1) is 0 Å². The number of hydrogen-bond donors (Lipinski definition) is 1. The van der Waals surface area contributed by atoms with Gasteiger partial charge in [-0.05, 0) is 68.5 Å². The summed E-state index contributed by atoms with van der Waals surface area (Å²) in [6.07, 6.45) is 0. The van der Waals surface area contributed by atoms with Crippen molar-refractivity contribution in [1.29, 1.82) is 0 Å². The van der Waals surface area contributed by atoms with Crippen LogP contribution in [0.25, 0.3) is 0 Å². The summed E-state index contributed by atoms with van der Waals surface area (Å²) < 4.78 is 28.8. The van der Waals surface area contributed by atoms with Gasteiger partial charge in [-0.3, -0.25) is 0 Å².